The number of methoxy groups -OCH3 is 1. The van der Waals surface area contributed by atoms with E-state index in [0.29, 0.717) is 22.3 Å². The Labute approximate surface area is 187 Å². The van der Waals surface area contributed by atoms with Gasteiger partial charge in [0.1, 0.15) is 10.6 Å². The highest BCUT2D eigenvalue weighted by atomic mass is 79.9. The van der Waals surface area contributed by atoms with Gasteiger partial charge in [-0.15, -0.1) is 0 Å². The zero-order chi connectivity index (χ0) is 21.7. The van der Waals surface area contributed by atoms with Gasteiger partial charge in [0.05, 0.1) is 12.6 Å². The lowest BCUT2D eigenvalue weighted by molar-refractivity contribution is 0.234. The minimum absolute atomic E-state index is 0.247. The molecule has 0 spiro atoms. The summed E-state index contributed by atoms with van der Waals surface area (Å²) in [5, 5.41) is 4.24. The molecule has 3 aromatic rings. The zero-order valence-electron chi connectivity index (χ0n) is 17.6. The van der Waals surface area contributed by atoms with E-state index in [1.54, 1.807) is 43.6 Å². The number of fused-ring (bicyclic) bond motifs is 1. The summed E-state index contributed by atoms with van der Waals surface area (Å²) in [7, 11) is -2.12. The van der Waals surface area contributed by atoms with Gasteiger partial charge in [-0.1, -0.05) is 26.0 Å². The second-order valence-corrected chi connectivity index (χ2v) is 9.43. The van der Waals surface area contributed by atoms with Crippen LogP contribution in [0.25, 0.3) is 10.9 Å². The third-order valence-electron chi connectivity index (χ3n) is 5.04. The van der Waals surface area contributed by atoms with E-state index >= 15 is 0 Å². The van der Waals surface area contributed by atoms with Crippen molar-refractivity contribution >= 4 is 36.9 Å². The molecule has 2 heterocycles. The van der Waals surface area contributed by atoms with Crippen molar-refractivity contribution < 1.29 is 13.2 Å². The van der Waals surface area contributed by atoms with Crippen LogP contribution in [0.1, 0.15) is 19.4 Å². The summed E-state index contributed by atoms with van der Waals surface area (Å²) in [6, 6.07) is 12.4. The summed E-state index contributed by atoms with van der Waals surface area (Å²) < 4.78 is 34.1. The fraction of sp³-hybridized carbons (Fsp3) is 0.364. The van der Waals surface area contributed by atoms with Crippen LogP contribution in [-0.4, -0.2) is 50.6 Å². The van der Waals surface area contributed by atoms with Gasteiger partial charge >= 0.3 is 0 Å². The molecule has 1 aliphatic rings. The third-order valence-corrected chi connectivity index (χ3v) is 7.72. The van der Waals surface area contributed by atoms with Gasteiger partial charge in [0.15, 0.2) is 0 Å². The van der Waals surface area contributed by atoms with Crippen molar-refractivity contribution in [2.24, 2.45) is 0 Å². The number of nitrogens with zero attached hydrogens (tertiary/aromatic N) is 2. The third kappa shape index (κ3) is 4.56. The van der Waals surface area contributed by atoms with E-state index in [0.717, 1.165) is 37.1 Å². The molecule has 1 aliphatic heterocycles. The van der Waals surface area contributed by atoms with Crippen molar-refractivity contribution in [1.82, 2.24) is 14.2 Å². The first-order chi connectivity index (χ1) is 14.5. The van der Waals surface area contributed by atoms with Crippen LogP contribution in [0.2, 0.25) is 0 Å². The quantitative estimate of drug-likeness (QED) is 0.579. The van der Waals surface area contributed by atoms with E-state index in [2.05, 4.69) is 26.1 Å². The predicted octanol–water partition coefficient (Wildman–Crippen LogP) is 4.08. The Morgan fingerprint density at radius 2 is 1.80 bits per heavy atom. The Hall–Kier alpha value is -1.87. The van der Waals surface area contributed by atoms with Gasteiger partial charge in [-0.05, 0) is 51.8 Å². The number of hydrogen-bond acceptors (Lipinski definition) is 5. The fourth-order valence-electron chi connectivity index (χ4n) is 3.57. The summed E-state index contributed by atoms with van der Waals surface area (Å²) in [5.41, 5.74) is 1.63. The van der Waals surface area contributed by atoms with Crippen LogP contribution < -0.4 is 10.1 Å². The maximum absolute atomic E-state index is 13.4. The van der Waals surface area contributed by atoms with Crippen LogP contribution in [0.5, 0.6) is 5.75 Å². The summed E-state index contributed by atoms with van der Waals surface area (Å²) in [6.45, 7) is 8.46. The second-order valence-electron chi connectivity index (χ2n) is 6.79. The number of halogens is 1. The Bertz CT molecular complexity index is 1110. The fourth-order valence-corrected chi connectivity index (χ4v) is 5.93. The van der Waals surface area contributed by atoms with E-state index in [1.165, 1.54) is 3.97 Å². The highest BCUT2D eigenvalue weighted by Gasteiger charge is 2.24. The van der Waals surface area contributed by atoms with Gasteiger partial charge in [0.2, 0.25) is 0 Å². The summed E-state index contributed by atoms with van der Waals surface area (Å²) in [4.78, 5) is 2.58. The molecule has 162 valence electrons. The van der Waals surface area contributed by atoms with Crippen LogP contribution in [-0.2, 0) is 16.6 Å². The number of rotatable bonds is 5. The number of nitrogens with one attached hydrogen (secondary N) is 1. The monoisotopic (exact) mass is 493 g/mol. The average Bonchev–Trinajstić information content (AvgIpc) is 3.14. The minimum atomic E-state index is -3.74. The number of hydrogen-bond donors (Lipinski definition) is 1. The molecule has 8 heteroatoms. The van der Waals surface area contributed by atoms with Gasteiger partial charge < -0.3 is 10.1 Å². The number of piperazine rings is 1. The first kappa shape index (κ1) is 22.8. The van der Waals surface area contributed by atoms with E-state index in [4.69, 9.17) is 4.74 Å². The maximum atomic E-state index is 13.4. The van der Waals surface area contributed by atoms with Gasteiger partial charge in [-0.2, -0.15) is 0 Å². The van der Waals surface area contributed by atoms with Crippen LogP contribution in [0, 0.1) is 0 Å². The second kappa shape index (κ2) is 9.96. The lowest BCUT2D eigenvalue weighted by Gasteiger charge is -2.26. The lowest BCUT2D eigenvalue weighted by atomic mass is 10.1. The average molecular weight is 494 g/mol. The highest BCUT2D eigenvalue weighted by Crippen LogP contribution is 2.32. The van der Waals surface area contributed by atoms with Crippen LogP contribution >= 0.6 is 15.9 Å². The van der Waals surface area contributed by atoms with Crippen molar-refractivity contribution in [3.8, 4) is 5.75 Å². The molecular weight excluding hydrogens is 466 g/mol. The SMILES string of the molecule is CC.COc1ccc2c(c1)c(CN1CCNCC1)cn2S(=O)(=O)c1ccccc1Br. The van der Waals surface area contributed by atoms with Crippen molar-refractivity contribution in [2.45, 2.75) is 25.3 Å². The molecule has 2 aromatic carbocycles. The Balaban J connectivity index is 0.00000124. The first-order valence-corrected chi connectivity index (χ1v) is 12.3. The molecule has 0 amide bonds. The molecule has 0 bridgehead atoms. The van der Waals surface area contributed by atoms with Gasteiger partial charge in [0.25, 0.3) is 10.0 Å². The normalized spacial score (nSPS) is 14.9. The van der Waals surface area contributed by atoms with E-state index in [9.17, 15) is 8.42 Å². The standard InChI is InChI=1S/C20H22BrN3O3S.C2H6/c1-27-16-6-7-19-17(12-16)15(13-23-10-8-22-9-11-23)14-24(19)28(25,26)20-5-3-2-4-18(20)21;1-2/h2-7,12,14,22H,8-11,13H2,1H3;1-2H3. The van der Waals surface area contributed by atoms with Crippen molar-refractivity contribution in [2.75, 3.05) is 33.3 Å². The topological polar surface area (TPSA) is 63.6 Å². The van der Waals surface area contributed by atoms with Crippen molar-refractivity contribution in [3.63, 3.8) is 0 Å². The van der Waals surface area contributed by atoms with Crippen LogP contribution in [0.4, 0.5) is 0 Å². The Morgan fingerprint density at radius 1 is 1.10 bits per heavy atom. The van der Waals surface area contributed by atoms with Gasteiger partial charge in [-0.25, -0.2) is 12.4 Å². The summed E-state index contributed by atoms with van der Waals surface area (Å²) in [5.74, 6) is 0.713. The smallest absolute Gasteiger partial charge is 0.269 e. The lowest BCUT2D eigenvalue weighted by Crippen LogP contribution is -2.42. The Morgan fingerprint density at radius 3 is 2.47 bits per heavy atom. The summed E-state index contributed by atoms with van der Waals surface area (Å²) in [6.07, 6.45) is 1.75. The summed E-state index contributed by atoms with van der Waals surface area (Å²) >= 11 is 3.38. The van der Waals surface area contributed by atoms with E-state index in [1.807, 2.05) is 26.0 Å². The van der Waals surface area contributed by atoms with Gasteiger partial charge in [0, 0.05) is 48.8 Å². The first-order valence-electron chi connectivity index (χ1n) is 10.1. The highest BCUT2D eigenvalue weighted by molar-refractivity contribution is 9.10. The molecule has 1 N–H and O–H groups in total. The molecule has 0 radical (unpaired) electrons. The molecule has 1 aromatic heterocycles. The van der Waals surface area contributed by atoms with Crippen LogP contribution in [0.3, 0.4) is 0 Å². The molecule has 0 atom stereocenters. The van der Waals surface area contributed by atoms with Gasteiger partial charge in [-0.3, -0.25) is 4.90 Å². The molecule has 1 saturated heterocycles. The molecular formula is C22H28BrN3O3S. The molecule has 0 unspecified atom stereocenters. The Kier molecular flexibility index (Phi) is 7.57. The minimum Gasteiger partial charge on any atom is -0.497 e. The largest absolute Gasteiger partial charge is 0.497 e. The van der Waals surface area contributed by atoms with Crippen molar-refractivity contribution in [1.29, 1.82) is 0 Å². The number of benzene rings is 2. The van der Waals surface area contributed by atoms with E-state index in [-0.39, 0.29) is 4.90 Å². The molecule has 0 aliphatic carbocycles. The molecule has 6 nitrogen and oxygen atoms in total. The van der Waals surface area contributed by atoms with E-state index < -0.39 is 10.0 Å². The molecule has 0 saturated carbocycles. The molecule has 1 fully saturated rings. The van der Waals surface area contributed by atoms with Crippen molar-refractivity contribution in [3.05, 3.63) is 58.7 Å². The zero-order valence-corrected chi connectivity index (χ0v) is 20.0. The predicted molar refractivity (Wildman–Crippen MR) is 125 cm³/mol. The molecule has 30 heavy (non-hydrogen) atoms. The maximum Gasteiger partial charge on any atom is 0.269 e. The number of aromatic nitrogens is 1. The molecule has 4 rings (SSSR count). The number of ether oxygens (including phenoxy) is 1. The van der Waals surface area contributed by atoms with Crippen LogP contribution in [0.15, 0.2) is 58.0 Å².